The van der Waals surface area contributed by atoms with Crippen LogP contribution in [0.15, 0.2) is 59.1 Å². The first-order chi connectivity index (χ1) is 17.4. The molecule has 6 nitrogen and oxygen atoms in total. The maximum absolute atomic E-state index is 13.5. The topological polar surface area (TPSA) is 52.8 Å². The summed E-state index contributed by atoms with van der Waals surface area (Å²) in [5, 5.41) is 4.21. The Hall–Kier alpha value is -2.23. The zero-order valence-electron chi connectivity index (χ0n) is 21.4. The molecule has 2 aliphatic rings. The molecule has 3 heterocycles. The first-order valence-electron chi connectivity index (χ1n) is 13.0. The van der Waals surface area contributed by atoms with Gasteiger partial charge in [-0.3, -0.25) is 14.6 Å². The third-order valence-corrected chi connectivity index (χ3v) is 8.67. The van der Waals surface area contributed by atoms with Gasteiger partial charge in [0.05, 0.1) is 0 Å². The Balaban J connectivity index is 1.18. The highest BCUT2D eigenvalue weighted by molar-refractivity contribution is 14.1. The Morgan fingerprint density at radius 1 is 1.03 bits per heavy atom. The van der Waals surface area contributed by atoms with Crippen molar-refractivity contribution < 1.29 is 9.32 Å². The largest absolute Gasteiger partial charge is 0.360 e. The average Bonchev–Trinajstić information content (AvgIpc) is 3.30. The van der Waals surface area contributed by atoms with Crippen molar-refractivity contribution in [1.82, 2.24) is 19.9 Å². The van der Waals surface area contributed by atoms with Crippen molar-refractivity contribution in [2.24, 2.45) is 0 Å². The van der Waals surface area contributed by atoms with Gasteiger partial charge in [-0.15, -0.1) is 0 Å². The predicted molar refractivity (Wildman–Crippen MR) is 151 cm³/mol. The first kappa shape index (κ1) is 25.4. The van der Waals surface area contributed by atoms with Crippen LogP contribution in [-0.4, -0.2) is 70.6 Å². The summed E-state index contributed by atoms with van der Waals surface area (Å²) in [6.45, 7) is 11.3. The molecule has 1 aromatic heterocycles. The minimum atomic E-state index is 0.0376. The second-order valence-corrected chi connectivity index (χ2v) is 11.4. The number of rotatable bonds is 5. The Bertz CT molecular complexity index is 1170. The van der Waals surface area contributed by atoms with E-state index in [9.17, 15) is 4.79 Å². The zero-order valence-corrected chi connectivity index (χ0v) is 23.5. The van der Waals surface area contributed by atoms with Crippen LogP contribution in [0.4, 0.5) is 0 Å². The number of hydrogen-bond acceptors (Lipinski definition) is 5. The lowest BCUT2D eigenvalue weighted by Gasteiger charge is -2.47. The minimum Gasteiger partial charge on any atom is -0.360 e. The molecule has 0 bridgehead atoms. The van der Waals surface area contributed by atoms with Crippen molar-refractivity contribution in [2.45, 2.75) is 51.7 Å². The molecule has 0 saturated carbocycles. The van der Waals surface area contributed by atoms with E-state index in [4.69, 9.17) is 4.52 Å². The number of benzene rings is 2. The summed E-state index contributed by atoms with van der Waals surface area (Å²) in [6.07, 6.45) is 2.02. The molecule has 7 heteroatoms. The van der Waals surface area contributed by atoms with Crippen molar-refractivity contribution in [3.8, 4) is 11.3 Å². The quantitative estimate of drug-likeness (QED) is 0.357. The van der Waals surface area contributed by atoms with Crippen LogP contribution in [0.3, 0.4) is 0 Å². The molecule has 1 amide bonds. The van der Waals surface area contributed by atoms with Crippen molar-refractivity contribution >= 4 is 28.5 Å². The number of halogens is 1. The Morgan fingerprint density at radius 3 is 2.39 bits per heavy atom. The third kappa shape index (κ3) is 5.24. The van der Waals surface area contributed by atoms with E-state index in [-0.39, 0.29) is 5.91 Å². The smallest absolute Gasteiger partial charge is 0.259 e. The van der Waals surface area contributed by atoms with Crippen molar-refractivity contribution in [3.05, 3.63) is 75.1 Å². The summed E-state index contributed by atoms with van der Waals surface area (Å²) in [7, 11) is 0. The van der Waals surface area contributed by atoms with Gasteiger partial charge in [0, 0.05) is 60.0 Å². The summed E-state index contributed by atoms with van der Waals surface area (Å²) in [4.78, 5) is 20.8. The highest BCUT2D eigenvalue weighted by atomic mass is 127. The van der Waals surface area contributed by atoms with Gasteiger partial charge in [0.2, 0.25) is 0 Å². The zero-order chi connectivity index (χ0) is 25.2. The van der Waals surface area contributed by atoms with E-state index in [2.05, 4.69) is 75.7 Å². The SMILES string of the molecule is Cc1onc(-c2ccccc2)c1C(=O)N1CCC(N2CCN(C(C)c3ccc(I)cc3)C(C)C2)CC1. The maximum Gasteiger partial charge on any atom is 0.259 e. The second kappa shape index (κ2) is 11.0. The summed E-state index contributed by atoms with van der Waals surface area (Å²) in [5.74, 6) is 0.628. The fraction of sp³-hybridized carbons (Fsp3) is 0.448. The number of nitrogens with zero attached hydrogens (tertiary/aromatic N) is 4. The molecule has 5 rings (SSSR count). The van der Waals surface area contributed by atoms with Gasteiger partial charge >= 0.3 is 0 Å². The number of amides is 1. The lowest BCUT2D eigenvalue weighted by Crippen LogP contribution is -2.57. The number of carbonyl (C=O) groups is 1. The Labute approximate surface area is 227 Å². The van der Waals surface area contributed by atoms with Crippen molar-refractivity contribution in [3.63, 3.8) is 0 Å². The molecule has 0 radical (unpaired) electrons. The molecule has 2 saturated heterocycles. The average molecular weight is 599 g/mol. The number of carbonyl (C=O) groups excluding carboxylic acids is 1. The maximum atomic E-state index is 13.5. The van der Waals surface area contributed by atoms with E-state index in [0.717, 1.165) is 51.1 Å². The lowest BCUT2D eigenvalue weighted by atomic mass is 9.98. The molecule has 36 heavy (non-hydrogen) atoms. The number of likely N-dealkylation sites (tertiary alicyclic amines) is 1. The van der Waals surface area contributed by atoms with E-state index < -0.39 is 0 Å². The fourth-order valence-electron chi connectivity index (χ4n) is 5.85. The first-order valence-corrected chi connectivity index (χ1v) is 14.1. The molecule has 190 valence electrons. The molecule has 2 atom stereocenters. The number of piperidine rings is 1. The molecule has 2 fully saturated rings. The molecule has 3 aromatic rings. The van der Waals surface area contributed by atoms with Gasteiger partial charge in [-0.05, 0) is 73.9 Å². The van der Waals surface area contributed by atoms with Gasteiger partial charge in [0.15, 0.2) is 0 Å². The van der Waals surface area contributed by atoms with Crippen LogP contribution in [0, 0.1) is 10.5 Å². The predicted octanol–water partition coefficient (Wildman–Crippen LogP) is 5.63. The molecule has 0 aliphatic carbocycles. The number of aromatic nitrogens is 1. The summed E-state index contributed by atoms with van der Waals surface area (Å²) in [6, 6.07) is 20.2. The molecule has 2 aliphatic heterocycles. The van der Waals surface area contributed by atoms with E-state index in [1.54, 1.807) is 0 Å². The van der Waals surface area contributed by atoms with Crippen molar-refractivity contribution in [2.75, 3.05) is 32.7 Å². The van der Waals surface area contributed by atoms with Gasteiger partial charge in [0.25, 0.3) is 5.91 Å². The highest BCUT2D eigenvalue weighted by Gasteiger charge is 2.35. The van der Waals surface area contributed by atoms with Gasteiger partial charge in [-0.25, -0.2) is 0 Å². The number of aryl methyl sites for hydroxylation is 1. The molecular weight excluding hydrogens is 563 g/mol. The van der Waals surface area contributed by atoms with Crippen LogP contribution in [0.2, 0.25) is 0 Å². The van der Waals surface area contributed by atoms with Crippen LogP contribution < -0.4 is 0 Å². The van der Waals surface area contributed by atoms with E-state index in [1.165, 1.54) is 9.13 Å². The van der Waals surface area contributed by atoms with Crippen LogP contribution in [0.1, 0.15) is 54.4 Å². The summed E-state index contributed by atoms with van der Waals surface area (Å²) >= 11 is 2.37. The molecule has 2 aromatic carbocycles. The van der Waals surface area contributed by atoms with Crippen LogP contribution in [-0.2, 0) is 0 Å². The van der Waals surface area contributed by atoms with Gasteiger partial charge in [-0.2, -0.15) is 0 Å². The molecular formula is C29H35IN4O2. The normalized spacial score (nSPS) is 21.0. The van der Waals surface area contributed by atoms with E-state index in [0.29, 0.717) is 35.1 Å². The summed E-state index contributed by atoms with van der Waals surface area (Å²) in [5.41, 5.74) is 3.55. The van der Waals surface area contributed by atoms with Crippen LogP contribution >= 0.6 is 22.6 Å². The fourth-order valence-corrected chi connectivity index (χ4v) is 6.21. The Morgan fingerprint density at radius 2 is 1.72 bits per heavy atom. The van der Waals surface area contributed by atoms with Crippen LogP contribution in [0.25, 0.3) is 11.3 Å². The van der Waals surface area contributed by atoms with Gasteiger partial charge < -0.3 is 9.42 Å². The second-order valence-electron chi connectivity index (χ2n) is 10.2. The van der Waals surface area contributed by atoms with Crippen LogP contribution in [0.5, 0.6) is 0 Å². The van der Waals surface area contributed by atoms with E-state index >= 15 is 0 Å². The van der Waals surface area contributed by atoms with Crippen molar-refractivity contribution in [1.29, 1.82) is 0 Å². The third-order valence-electron chi connectivity index (χ3n) is 7.95. The molecule has 0 spiro atoms. The Kier molecular flexibility index (Phi) is 7.79. The van der Waals surface area contributed by atoms with E-state index in [1.807, 2.05) is 42.2 Å². The molecule has 2 unspecified atom stereocenters. The monoisotopic (exact) mass is 598 g/mol. The standard InChI is InChI=1S/C29H35IN4O2/c1-20-19-33(17-18-34(20)21(2)23-9-11-25(30)12-10-23)26-13-15-32(16-14-26)29(35)27-22(3)36-31-28(27)24-7-5-4-6-8-24/h4-12,20-21,26H,13-19H2,1-3H3. The highest BCUT2D eigenvalue weighted by Crippen LogP contribution is 2.30. The number of hydrogen-bond donors (Lipinski definition) is 0. The number of piperazine rings is 1. The molecule has 0 N–H and O–H groups in total. The summed E-state index contributed by atoms with van der Waals surface area (Å²) < 4.78 is 6.73. The van der Waals surface area contributed by atoms with Gasteiger partial charge in [-0.1, -0.05) is 47.6 Å². The van der Waals surface area contributed by atoms with Gasteiger partial charge in [0.1, 0.15) is 17.0 Å². The minimum absolute atomic E-state index is 0.0376. The lowest BCUT2D eigenvalue weighted by molar-refractivity contribution is 0.0135.